The average molecular weight is 396 g/mol. The van der Waals surface area contributed by atoms with E-state index in [-0.39, 0.29) is 30.9 Å². The topological polar surface area (TPSA) is 81.8 Å². The fourth-order valence-corrected chi connectivity index (χ4v) is 3.65. The SMILES string of the molecule is C=CCN1C(=O)N[C@H](c2cccc(C)c2)C2=C1CN(CC(=O)NCC(C)C)C2=O. The lowest BCUT2D eigenvalue weighted by molar-refractivity contribution is -0.132. The summed E-state index contributed by atoms with van der Waals surface area (Å²) in [6, 6.07) is 6.93. The molecule has 1 atom stereocenters. The molecule has 1 aromatic rings. The van der Waals surface area contributed by atoms with Gasteiger partial charge >= 0.3 is 6.03 Å². The number of carbonyl (C=O) groups is 3. The normalized spacial score (nSPS) is 18.8. The average Bonchev–Trinajstić information content (AvgIpc) is 2.98. The van der Waals surface area contributed by atoms with Gasteiger partial charge in [-0.1, -0.05) is 49.8 Å². The highest BCUT2D eigenvalue weighted by Gasteiger charge is 2.44. The molecular formula is C22H28N4O3. The summed E-state index contributed by atoms with van der Waals surface area (Å²) in [7, 11) is 0. The predicted molar refractivity (Wildman–Crippen MR) is 111 cm³/mol. The van der Waals surface area contributed by atoms with Gasteiger partial charge in [-0.25, -0.2) is 4.79 Å². The predicted octanol–water partition coefficient (Wildman–Crippen LogP) is 2.12. The number of hydrogen-bond donors (Lipinski definition) is 2. The van der Waals surface area contributed by atoms with Crippen molar-refractivity contribution in [3.63, 3.8) is 0 Å². The fourth-order valence-electron chi connectivity index (χ4n) is 3.65. The first-order valence-corrected chi connectivity index (χ1v) is 9.86. The molecule has 0 bridgehead atoms. The third kappa shape index (κ3) is 4.34. The summed E-state index contributed by atoms with van der Waals surface area (Å²) in [6.07, 6.45) is 1.62. The molecule has 0 radical (unpaired) electrons. The Labute approximate surface area is 171 Å². The molecule has 3 rings (SSSR count). The molecular weight excluding hydrogens is 368 g/mol. The molecule has 0 unspecified atom stereocenters. The van der Waals surface area contributed by atoms with Crippen molar-refractivity contribution in [1.29, 1.82) is 0 Å². The number of carbonyl (C=O) groups excluding carboxylic acids is 3. The largest absolute Gasteiger partial charge is 0.354 e. The molecule has 2 aliphatic heterocycles. The van der Waals surface area contributed by atoms with Crippen molar-refractivity contribution in [2.24, 2.45) is 5.92 Å². The van der Waals surface area contributed by atoms with Gasteiger partial charge in [0, 0.05) is 13.1 Å². The Bertz CT molecular complexity index is 875. The van der Waals surface area contributed by atoms with E-state index in [1.165, 1.54) is 9.80 Å². The maximum Gasteiger partial charge on any atom is 0.322 e. The van der Waals surface area contributed by atoms with Gasteiger partial charge in [-0.2, -0.15) is 0 Å². The lowest BCUT2D eigenvalue weighted by atomic mass is 9.94. The molecule has 29 heavy (non-hydrogen) atoms. The van der Waals surface area contributed by atoms with Crippen molar-refractivity contribution in [1.82, 2.24) is 20.4 Å². The number of rotatable bonds is 7. The molecule has 2 heterocycles. The molecule has 7 nitrogen and oxygen atoms in total. The third-order valence-corrected chi connectivity index (χ3v) is 5.03. The van der Waals surface area contributed by atoms with Gasteiger partial charge in [-0.15, -0.1) is 6.58 Å². The molecule has 0 spiro atoms. The minimum atomic E-state index is -0.533. The highest BCUT2D eigenvalue weighted by Crippen LogP contribution is 2.36. The van der Waals surface area contributed by atoms with Crippen LogP contribution in [-0.2, 0) is 9.59 Å². The van der Waals surface area contributed by atoms with Gasteiger partial charge < -0.3 is 15.5 Å². The van der Waals surface area contributed by atoms with Crippen LogP contribution in [0.15, 0.2) is 48.2 Å². The van der Waals surface area contributed by atoms with Crippen molar-refractivity contribution in [2.45, 2.75) is 26.8 Å². The maximum absolute atomic E-state index is 13.2. The van der Waals surface area contributed by atoms with E-state index in [9.17, 15) is 14.4 Å². The van der Waals surface area contributed by atoms with Gasteiger partial charge in [0.1, 0.15) is 6.54 Å². The lowest BCUT2D eigenvalue weighted by Crippen LogP contribution is -2.47. The summed E-state index contributed by atoms with van der Waals surface area (Å²) < 4.78 is 0. The molecule has 0 saturated carbocycles. The van der Waals surface area contributed by atoms with Crippen LogP contribution in [0.25, 0.3) is 0 Å². The molecule has 1 aromatic carbocycles. The molecule has 0 aromatic heterocycles. The van der Waals surface area contributed by atoms with Crippen LogP contribution in [0.3, 0.4) is 0 Å². The smallest absolute Gasteiger partial charge is 0.322 e. The molecule has 4 amide bonds. The Morgan fingerprint density at radius 3 is 2.79 bits per heavy atom. The van der Waals surface area contributed by atoms with Crippen LogP contribution in [-0.4, -0.2) is 53.8 Å². The van der Waals surface area contributed by atoms with Crippen molar-refractivity contribution < 1.29 is 14.4 Å². The number of nitrogens with zero attached hydrogens (tertiary/aromatic N) is 2. The first-order chi connectivity index (χ1) is 13.8. The minimum absolute atomic E-state index is 0.0325. The van der Waals surface area contributed by atoms with Gasteiger partial charge in [-0.3, -0.25) is 14.5 Å². The Kier molecular flexibility index (Phi) is 6.06. The van der Waals surface area contributed by atoms with E-state index in [1.807, 2.05) is 45.0 Å². The first kappa shape index (κ1) is 20.6. The van der Waals surface area contributed by atoms with Crippen LogP contribution in [0.4, 0.5) is 4.79 Å². The number of nitrogens with one attached hydrogen (secondary N) is 2. The molecule has 0 saturated heterocycles. The first-order valence-electron chi connectivity index (χ1n) is 9.86. The molecule has 0 aliphatic carbocycles. The highest BCUT2D eigenvalue weighted by atomic mass is 16.2. The summed E-state index contributed by atoms with van der Waals surface area (Å²) in [6.45, 7) is 10.8. The second kappa shape index (κ2) is 8.51. The zero-order valence-electron chi connectivity index (χ0n) is 17.2. The van der Waals surface area contributed by atoms with Crippen molar-refractivity contribution in [2.75, 3.05) is 26.2 Å². The Balaban J connectivity index is 1.89. The lowest BCUT2D eigenvalue weighted by Gasteiger charge is -2.33. The Morgan fingerprint density at radius 2 is 2.14 bits per heavy atom. The van der Waals surface area contributed by atoms with E-state index in [2.05, 4.69) is 17.2 Å². The Morgan fingerprint density at radius 1 is 1.38 bits per heavy atom. The third-order valence-electron chi connectivity index (χ3n) is 5.03. The van der Waals surface area contributed by atoms with Crippen LogP contribution in [0.1, 0.15) is 31.0 Å². The van der Waals surface area contributed by atoms with Crippen LogP contribution in [0.2, 0.25) is 0 Å². The standard InChI is InChI=1S/C22H28N4O3/c1-5-9-26-17-12-25(13-18(27)23-11-14(2)3)21(28)19(17)20(24-22(26)29)16-8-6-7-15(4)10-16/h5-8,10,14,20H,1,9,11-13H2,2-4H3,(H,23,27)(H,24,29)/t20-/m1/s1. The van der Waals surface area contributed by atoms with Crippen LogP contribution >= 0.6 is 0 Å². The summed E-state index contributed by atoms with van der Waals surface area (Å²) in [5.41, 5.74) is 3.06. The minimum Gasteiger partial charge on any atom is -0.354 e. The van der Waals surface area contributed by atoms with Gasteiger partial charge in [0.15, 0.2) is 0 Å². The zero-order valence-corrected chi connectivity index (χ0v) is 17.2. The van der Waals surface area contributed by atoms with E-state index in [0.29, 0.717) is 30.3 Å². The zero-order chi connectivity index (χ0) is 21.1. The maximum atomic E-state index is 13.2. The van der Waals surface area contributed by atoms with Crippen molar-refractivity contribution in [3.05, 3.63) is 59.3 Å². The molecule has 2 N–H and O–H groups in total. The fraction of sp³-hybridized carbons (Fsp3) is 0.409. The quantitative estimate of drug-likeness (QED) is 0.693. The van der Waals surface area contributed by atoms with E-state index in [1.54, 1.807) is 6.08 Å². The van der Waals surface area contributed by atoms with Gasteiger partial charge in [0.25, 0.3) is 5.91 Å². The van der Waals surface area contributed by atoms with E-state index in [4.69, 9.17) is 0 Å². The summed E-state index contributed by atoms with van der Waals surface area (Å²) in [4.78, 5) is 41.3. The monoisotopic (exact) mass is 396 g/mol. The second-order valence-electron chi connectivity index (χ2n) is 7.92. The number of aryl methyl sites for hydroxylation is 1. The van der Waals surface area contributed by atoms with Crippen LogP contribution in [0.5, 0.6) is 0 Å². The number of hydrogen-bond acceptors (Lipinski definition) is 3. The van der Waals surface area contributed by atoms with Gasteiger partial charge in [0.05, 0.1) is 23.9 Å². The number of benzene rings is 1. The van der Waals surface area contributed by atoms with Crippen molar-refractivity contribution >= 4 is 17.8 Å². The molecule has 2 aliphatic rings. The van der Waals surface area contributed by atoms with E-state index in [0.717, 1.165) is 11.1 Å². The molecule has 154 valence electrons. The number of amides is 4. The summed E-state index contributed by atoms with van der Waals surface area (Å²) >= 11 is 0. The second-order valence-corrected chi connectivity index (χ2v) is 7.92. The van der Waals surface area contributed by atoms with Gasteiger partial charge in [0.2, 0.25) is 5.91 Å². The highest BCUT2D eigenvalue weighted by molar-refractivity contribution is 6.03. The summed E-state index contributed by atoms with van der Waals surface area (Å²) in [5.74, 6) is -0.0935. The van der Waals surface area contributed by atoms with Gasteiger partial charge in [-0.05, 0) is 18.4 Å². The van der Waals surface area contributed by atoms with E-state index < -0.39 is 6.04 Å². The molecule has 0 fully saturated rings. The Hall–Kier alpha value is -3.09. The molecule has 7 heteroatoms. The summed E-state index contributed by atoms with van der Waals surface area (Å²) in [5, 5.41) is 5.79. The number of urea groups is 1. The van der Waals surface area contributed by atoms with Crippen LogP contribution < -0.4 is 10.6 Å². The van der Waals surface area contributed by atoms with Crippen LogP contribution in [0, 0.1) is 12.8 Å². The van der Waals surface area contributed by atoms with Crippen molar-refractivity contribution in [3.8, 4) is 0 Å². The van der Waals surface area contributed by atoms with E-state index >= 15 is 0 Å².